The summed E-state index contributed by atoms with van der Waals surface area (Å²) in [5, 5.41) is 0. The predicted molar refractivity (Wildman–Crippen MR) is 76.8 cm³/mol. The van der Waals surface area contributed by atoms with Crippen LogP contribution >= 0.6 is 15.9 Å². The van der Waals surface area contributed by atoms with Crippen LogP contribution in [0.25, 0.3) is 0 Å². The quantitative estimate of drug-likeness (QED) is 0.883. The highest BCUT2D eigenvalue weighted by Crippen LogP contribution is 2.23. The highest BCUT2D eigenvalue weighted by Gasteiger charge is 2.27. The van der Waals surface area contributed by atoms with Gasteiger partial charge >= 0.3 is 0 Å². The summed E-state index contributed by atoms with van der Waals surface area (Å²) in [5.74, 6) is -0.604. The van der Waals surface area contributed by atoms with Crippen molar-refractivity contribution >= 4 is 26.0 Å². The lowest BCUT2D eigenvalue weighted by molar-refractivity contribution is 0.292. The summed E-state index contributed by atoms with van der Waals surface area (Å²) in [7, 11) is -2.24. The van der Waals surface area contributed by atoms with E-state index >= 15 is 0 Å². The van der Waals surface area contributed by atoms with Crippen LogP contribution in [0.4, 0.5) is 4.39 Å². The number of benzene rings is 1. The van der Waals surface area contributed by atoms with E-state index in [0.717, 1.165) is 6.07 Å². The van der Waals surface area contributed by atoms with Gasteiger partial charge in [0, 0.05) is 13.6 Å². The van der Waals surface area contributed by atoms with E-state index in [9.17, 15) is 12.8 Å². The van der Waals surface area contributed by atoms with Crippen molar-refractivity contribution in [2.24, 2.45) is 11.1 Å². The molecular formula is C12H18BrFN2O2S. The number of nitrogens with zero attached hydrogens (tertiary/aromatic N) is 1. The second-order valence-electron chi connectivity index (χ2n) is 5.21. The van der Waals surface area contributed by atoms with Crippen LogP contribution < -0.4 is 5.73 Å². The van der Waals surface area contributed by atoms with Crippen LogP contribution in [-0.4, -0.2) is 32.9 Å². The van der Waals surface area contributed by atoms with E-state index in [2.05, 4.69) is 15.9 Å². The highest BCUT2D eigenvalue weighted by atomic mass is 79.9. The normalized spacial score (nSPS) is 13.0. The van der Waals surface area contributed by atoms with Crippen molar-refractivity contribution in [3.63, 3.8) is 0 Å². The predicted octanol–water partition coefficient (Wildman–Crippen LogP) is 2.19. The SMILES string of the molecule is CN(CC(C)(C)CN)S(=O)(=O)c1ccc(Br)c(F)c1. The van der Waals surface area contributed by atoms with E-state index in [1.165, 1.54) is 23.5 Å². The van der Waals surface area contributed by atoms with Gasteiger partial charge in [0.1, 0.15) is 5.82 Å². The average Bonchev–Trinajstić information content (AvgIpc) is 2.32. The molecule has 0 aliphatic rings. The van der Waals surface area contributed by atoms with Gasteiger partial charge in [-0.3, -0.25) is 0 Å². The molecule has 0 unspecified atom stereocenters. The van der Waals surface area contributed by atoms with Gasteiger partial charge in [-0.15, -0.1) is 0 Å². The fraction of sp³-hybridized carbons (Fsp3) is 0.500. The van der Waals surface area contributed by atoms with Gasteiger partial charge in [0.15, 0.2) is 0 Å². The lowest BCUT2D eigenvalue weighted by Crippen LogP contribution is -2.39. The third kappa shape index (κ3) is 3.98. The Bertz CT molecular complexity index is 561. The summed E-state index contributed by atoms with van der Waals surface area (Å²) in [5.41, 5.74) is 5.26. The molecule has 0 fully saturated rings. The fourth-order valence-corrected chi connectivity index (χ4v) is 3.19. The second kappa shape index (κ2) is 5.87. The minimum Gasteiger partial charge on any atom is -0.330 e. The van der Waals surface area contributed by atoms with Crippen molar-refractivity contribution in [3.05, 3.63) is 28.5 Å². The molecular weight excluding hydrogens is 335 g/mol. The van der Waals surface area contributed by atoms with Crippen molar-refractivity contribution in [2.75, 3.05) is 20.1 Å². The zero-order valence-electron chi connectivity index (χ0n) is 11.2. The summed E-state index contributed by atoms with van der Waals surface area (Å²) in [6.45, 7) is 4.38. The van der Waals surface area contributed by atoms with Gasteiger partial charge < -0.3 is 5.73 Å². The smallest absolute Gasteiger partial charge is 0.242 e. The molecule has 0 heterocycles. The van der Waals surface area contributed by atoms with E-state index in [0.29, 0.717) is 6.54 Å². The van der Waals surface area contributed by atoms with Crippen LogP contribution in [0.5, 0.6) is 0 Å². The first-order valence-electron chi connectivity index (χ1n) is 5.71. The van der Waals surface area contributed by atoms with Crippen molar-refractivity contribution in [1.82, 2.24) is 4.31 Å². The van der Waals surface area contributed by atoms with E-state index in [-0.39, 0.29) is 21.3 Å². The van der Waals surface area contributed by atoms with Crippen molar-refractivity contribution < 1.29 is 12.8 Å². The lowest BCUT2D eigenvalue weighted by atomic mass is 9.94. The Morgan fingerprint density at radius 2 is 2.00 bits per heavy atom. The van der Waals surface area contributed by atoms with Gasteiger partial charge in [-0.25, -0.2) is 17.1 Å². The van der Waals surface area contributed by atoms with Crippen molar-refractivity contribution in [1.29, 1.82) is 0 Å². The average molecular weight is 353 g/mol. The molecule has 0 saturated carbocycles. The van der Waals surface area contributed by atoms with Gasteiger partial charge in [0.25, 0.3) is 0 Å². The minimum absolute atomic E-state index is 0.0662. The van der Waals surface area contributed by atoms with E-state index in [4.69, 9.17) is 5.73 Å². The van der Waals surface area contributed by atoms with E-state index in [1.807, 2.05) is 13.8 Å². The molecule has 0 aliphatic heterocycles. The Morgan fingerprint density at radius 3 is 2.47 bits per heavy atom. The van der Waals surface area contributed by atoms with E-state index < -0.39 is 15.8 Å². The Hall–Kier alpha value is -0.500. The number of hydrogen-bond donors (Lipinski definition) is 1. The van der Waals surface area contributed by atoms with Crippen molar-refractivity contribution in [3.8, 4) is 0 Å². The number of halogens is 2. The number of rotatable bonds is 5. The minimum atomic E-state index is -3.70. The van der Waals surface area contributed by atoms with Crippen LogP contribution in [0.15, 0.2) is 27.6 Å². The lowest BCUT2D eigenvalue weighted by Gasteiger charge is -2.28. The molecule has 0 aromatic heterocycles. The molecule has 0 amide bonds. The Labute approximate surface area is 122 Å². The summed E-state index contributed by atoms with van der Waals surface area (Å²) >= 11 is 2.99. The highest BCUT2D eigenvalue weighted by molar-refractivity contribution is 9.10. The molecule has 0 atom stereocenters. The summed E-state index contributed by atoms with van der Waals surface area (Å²) in [6, 6.07) is 3.75. The molecule has 0 bridgehead atoms. The third-order valence-electron chi connectivity index (χ3n) is 2.80. The van der Waals surface area contributed by atoms with Gasteiger partial charge in [-0.2, -0.15) is 0 Å². The molecule has 0 saturated heterocycles. The molecule has 1 aromatic rings. The Morgan fingerprint density at radius 1 is 1.42 bits per heavy atom. The Kier molecular flexibility index (Phi) is 5.11. The molecule has 0 radical (unpaired) electrons. The summed E-state index contributed by atoms with van der Waals surface area (Å²) < 4.78 is 39.4. The zero-order chi connectivity index (χ0) is 14.8. The fourth-order valence-electron chi connectivity index (χ4n) is 1.57. The molecule has 0 spiro atoms. The van der Waals surface area contributed by atoms with Crippen LogP contribution in [0.2, 0.25) is 0 Å². The van der Waals surface area contributed by atoms with Gasteiger partial charge in [-0.05, 0) is 46.1 Å². The van der Waals surface area contributed by atoms with Crippen LogP contribution in [0, 0.1) is 11.2 Å². The van der Waals surface area contributed by atoms with Gasteiger partial charge in [0.05, 0.1) is 9.37 Å². The molecule has 4 nitrogen and oxygen atoms in total. The molecule has 0 aliphatic carbocycles. The maximum Gasteiger partial charge on any atom is 0.242 e. The summed E-state index contributed by atoms with van der Waals surface area (Å²) in [4.78, 5) is -0.0662. The molecule has 19 heavy (non-hydrogen) atoms. The summed E-state index contributed by atoms with van der Waals surface area (Å²) in [6.07, 6.45) is 0. The molecule has 1 aromatic carbocycles. The maximum atomic E-state index is 13.4. The first-order valence-corrected chi connectivity index (χ1v) is 7.95. The molecule has 7 heteroatoms. The molecule has 2 N–H and O–H groups in total. The monoisotopic (exact) mass is 352 g/mol. The first-order chi connectivity index (χ1) is 8.60. The zero-order valence-corrected chi connectivity index (χ0v) is 13.6. The standard InChI is InChI=1S/C12H18BrFN2O2S/c1-12(2,7-15)8-16(3)19(17,18)9-4-5-10(13)11(14)6-9/h4-6H,7-8,15H2,1-3H3. The number of nitrogens with two attached hydrogens (primary N) is 1. The topological polar surface area (TPSA) is 63.4 Å². The second-order valence-corrected chi connectivity index (χ2v) is 8.10. The van der Waals surface area contributed by atoms with Crippen LogP contribution in [-0.2, 0) is 10.0 Å². The molecule has 1 rings (SSSR count). The first kappa shape index (κ1) is 16.6. The largest absolute Gasteiger partial charge is 0.330 e. The number of hydrogen-bond acceptors (Lipinski definition) is 3. The number of sulfonamides is 1. The van der Waals surface area contributed by atoms with Crippen LogP contribution in [0.3, 0.4) is 0 Å². The molecule has 108 valence electrons. The Balaban J connectivity index is 3.06. The van der Waals surface area contributed by atoms with E-state index in [1.54, 1.807) is 0 Å². The third-order valence-corrected chi connectivity index (χ3v) is 5.25. The van der Waals surface area contributed by atoms with Crippen LogP contribution in [0.1, 0.15) is 13.8 Å². The van der Waals surface area contributed by atoms with Gasteiger partial charge in [0.2, 0.25) is 10.0 Å². The van der Waals surface area contributed by atoms with Crippen molar-refractivity contribution in [2.45, 2.75) is 18.7 Å². The maximum absolute atomic E-state index is 13.4. The van der Waals surface area contributed by atoms with Gasteiger partial charge in [-0.1, -0.05) is 13.8 Å².